The highest BCUT2D eigenvalue weighted by Gasteiger charge is 1.47. The Balaban J connectivity index is -0.00000000429. The van der Waals surface area contributed by atoms with Gasteiger partial charge < -0.3 is 0 Å². The molecule has 0 aliphatic rings. The molecule has 0 spiro atoms. The van der Waals surface area contributed by atoms with E-state index in [-0.39, 0.29) is 59.4 Å². The van der Waals surface area contributed by atoms with Gasteiger partial charge in [-0.1, -0.05) is 111 Å². The predicted molar refractivity (Wildman–Crippen MR) is 94.7 cm³/mol. The Morgan fingerprint density at radius 2 is 0.625 bits per heavy atom. The van der Waals surface area contributed by atoms with Crippen LogP contribution in [0.4, 0.5) is 0 Å². The van der Waals surface area contributed by atoms with Crippen LogP contribution in [0.1, 0.15) is 73.3 Å². The summed E-state index contributed by atoms with van der Waals surface area (Å²) in [6, 6.07) is 0. The average molecular weight is 239 g/mol. The molecule has 0 bridgehead atoms. The fourth-order valence-corrected chi connectivity index (χ4v) is 0.157. The predicted octanol–water partition coefficient (Wildman–Crippen LogP) is 8.03. The monoisotopic (exact) mass is 238 g/mol. The minimum Gasteiger partial charge on any atom is -0.0991 e. The molecule has 0 nitrogen and oxygen atoms in total. The molecule has 0 amide bonds. The van der Waals surface area contributed by atoms with Gasteiger partial charge in [-0.3, -0.25) is 0 Å². The summed E-state index contributed by atoms with van der Waals surface area (Å²) in [5.74, 6) is 0. The Labute approximate surface area is 111 Å². The molecule has 0 aromatic rings. The van der Waals surface area contributed by atoms with Gasteiger partial charge in [0, 0.05) is 0 Å². The van der Waals surface area contributed by atoms with E-state index in [4.69, 9.17) is 0 Å². The van der Waals surface area contributed by atoms with Crippen molar-refractivity contribution in [3.05, 3.63) is 37.5 Å². The summed E-state index contributed by atoms with van der Waals surface area (Å²) >= 11 is 0. The molecule has 0 fully saturated rings. The van der Waals surface area contributed by atoms with Crippen molar-refractivity contribution in [2.75, 3.05) is 0 Å². The first-order valence-corrected chi connectivity index (χ1v) is 2.82. The van der Waals surface area contributed by atoms with E-state index in [9.17, 15) is 0 Å². The lowest BCUT2D eigenvalue weighted by Crippen LogP contribution is -1.38. The van der Waals surface area contributed by atoms with Crippen molar-refractivity contribution in [1.82, 2.24) is 0 Å². The van der Waals surface area contributed by atoms with Crippen LogP contribution in [0, 0.1) is 0 Å². The van der Waals surface area contributed by atoms with E-state index in [0.717, 1.165) is 0 Å². The minimum atomic E-state index is 0. The standard InChI is InChI=1S/C6H8.C2H6.8CH4/c1-3-5-6-4-2;1-2;;;;;;;;/h3-6H,1-2H2;1-2H3;8*1H4/b6-5-;;;;;;;;;. The van der Waals surface area contributed by atoms with E-state index in [1.165, 1.54) is 0 Å². The van der Waals surface area contributed by atoms with E-state index in [1.54, 1.807) is 12.2 Å². The third-order valence-corrected chi connectivity index (χ3v) is 0.383. The van der Waals surface area contributed by atoms with Gasteiger partial charge in [0.2, 0.25) is 0 Å². The van der Waals surface area contributed by atoms with E-state index >= 15 is 0 Å². The molecular formula is C16H46. The summed E-state index contributed by atoms with van der Waals surface area (Å²) in [6.45, 7) is 10.9. The Kier molecular flexibility index (Phi) is 1690. The molecule has 0 N–H and O–H groups in total. The third kappa shape index (κ3) is 401. The van der Waals surface area contributed by atoms with Gasteiger partial charge in [0.05, 0.1) is 0 Å². The van der Waals surface area contributed by atoms with Gasteiger partial charge in [-0.2, -0.15) is 0 Å². The van der Waals surface area contributed by atoms with Crippen LogP contribution in [-0.2, 0) is 0 Å². The van der Waals surface area contributed by atoms with Gasteiger partial charge in [0.1, 0.15) is 0 Å². The lowest BCUT2D eigenvalue weighted by molar-refractivity contribution is 1.50. The Bertz CT molecular complexity index is 58.1. The van der Waals surface area contributed by atoms with Crippen molar-refractivity contribution < 1.29 is 0 Å². The number of allylic oxidation sites excluding steroid dienone is 4. The quantitative estimate of drug-likeness (QED) is 0.427. The molecule has 0 radical (unpaired) electrons. The molecule has 0 atom stereocenters. The maximum atomic E-state index is 3.46. The van der Waals surface area contributed by atoms with Crippen LogP contribution in [0.25, 0.3) is 0 Å². The molecule has 0 aromatic carbocycles. The molecule has 0 unspecified atom stereocenters. The maximum Gasteiger partial charge on any atom is -0.0629 e. The number of hydrogen-bond donors (Lipinski definition) is 0. The topological polar surface area (TPSA) is 0 Å². The molecule has 0 rings (SSSR count). The fraction of sp³-hybridized carbons (Fsp3) is 0.625. The summed E-state index contributed by atoms with van der Waals surface area (Å²) in [5, 5.41) is 0. The number of hydrogen-bond acceptors (Lipinski definition) is 0. The van der Waals surface area contributed by atoms with Crippen molar-refractivity contribution in [1.29, 1.82) is 0 Å². The highest BCUT2D eigenvalue weighted by Crippen LogP contribution is 1.69. The van der Waals surface area contributed by atoms with Crippen molar-refractivity contribution in [3.8, 4) is 0 Å². The van der Waals surface area contributed by atoms with Crippen LogP contribution in [0.3, 0.4) is 0 Å². The highest BCUT2D eigenvalue weighted by atomic mass is 13.5. The van der Waals surface area contributed by atoms with Gasteiger partial charge in [0.25, 0.3) is 0 Å². The highest BCUT2D eigenvalue weighted by molar-refractivity contribution is 5.05. The van der Waals surface area contributed by atoms with E-state index in [0.29, 0.717) is 0 Å². The van der Waals surface area contributed by atoms with Crippen molar-refractivity contribution in [2.24, 2.45) is 0 Å². The lowest BCUT2D eigenvalue weighted by atomic mass is 10.5. The molecule has 0 aliphatic carbocycles. The van der Waals surface area contributed by atoms with Crippen LogP contribution in [0.2, 0.25) is 0 Å². The van der Waals surface area contributed by atoms with Gasteiger partial charge >= 0.3 is 0 Å². The molecular weight excluding hydrogens is 192 g/mol. The Hall–Kier alpha value is -0.780. The normalized spacial score (nSPS) is 3.62. The lowest BCUT2D eigenvalue weighted by Gasteiger charge is -1.60. The number of rotatable bonds is 2. The van der Waals surface area contributed by atoms with E-state index < -0.39 is 0 Å². The molecule has 0 saturated carbocycles. The zero-order valence-corrected chi connectivity index (χ0v) is 5.72. The molecule has 110 valence electrons. The van der Waals surface area contributed by atoms with Crippen LogP contribution in [0.5, 0.6) is 0 Å². The van der Waals surface area contributed by atoms with E-state index in [2.05, 4.69) is 13.2 Å². The molecule has 0 saturated heterocycles. The SMILES string of the molecule is C.C.C.C.C.C.C.C.C=C/C=C\C=C.CC. The van der Waals surface area contributed by atoms with Crippen LogP contribution in [-0.4, -0.2) is 0 Å². The second-order valence-corrected chi connectivity index (χ2v) is 0.856. The first-order valence-electron chi connectivity index (χ1n) is 2.82. The molecule has 0 heteroatoms. The van der Waals surface area contributed by atoms with Crippen LogP contribution < -0.4 is 0 Å². The summed E-state index contributed by atoms with van der Waals surface area (Å²) in [5.41, 5.74) is 0. The summed E-state index contributed by atoms with van der Waals surface area (Å²) in [4.78, 5) is 0. The summed E-state index contributed by atoms with van der Waals surface area (Å²) in [6.07, 6.45) is 7.07. The van der Waals surface area contributed by atoms with Gasteiger partial charge in [-0.15, -0.1) is 0 Å². The summed E-state index contributed by atoms with van der Waals surface area (Å²) in [7, 11) is 0. The second kappa shape index (κ2) is 240. The minimum absolute atomic E-state index is 0. The zero-order valence-electron chi connectivity index (χ0n) is 5.72. The second-order valence-electron chi connectivity index (χ2n) is 0.856. The van der Waals surface area contributed by atoms with Gasteiger partial charge in [-0.25, -0.2) is 0 Å². The van der Waals surface area contributed by atoms with Crippen LogP contribution in [0.15, 0.2) is 37.5 Å². The smallest absolute Gasteiger partial charge is 0.0629 e. The van der Waals surface area contributed by atoms with Crippen molar-refractivity contribution >= 4 is 0 Å². The molecule has 16 heavy (non-hydrogen) atoms. The Morgan fingerprint density at radius 3 is 0.688 bits per heavy atom. The van der Waals surface area contributed by atoms with Crippen molar-refractivity contribution in [3.63, 3.8) is 0 Å². The van der Waals surface area contributed by atoms with Crippen molar-refractivity contribution in [2.45, 2.75) is 73.3 Å². The zero-order chi connectivity index (χ0) is 6.83. The van der Waals surface area contributed by atoms with E-state index in [1.807, 2.05) is 26.0 Å². The van der Waals surface area contributed by atoms with Gasteiger partial charge in [0.15, 0.2) is 0 Å². The molecule has 0 heterocycles. The Morgan fingerprint density at radius 1 is 0.500 bits per heavy atom. The van der Waals surface area contributed by atoms with Gasteiger partial charge in [-0.05, 0) is 0 Å². The first-order chi connectivity index (χ1) is 3.91. The average Bonchev–Trinajstić information content (AvgIpc) is 1.88. The fourth-order valence-electron chi connectivity index (χ4n) is 0.157. The molecule has 0 aliphatic heterocycles. The maximum absolute atomic E-state index is 3.46. The third-order valence-electron chi connectivity index (χ3n) is 0.383. The van der Waals surface area contributed by atoms with Crippen LogP contribution >= 0.6 is 0 Å². The first kappa shape index (κ1) is 113. The largest absolute Gasteiger partial charge is 0.0991 e. The summed E-state index contributed by atoms with van der Waals surface area (Å²) < 4.78 is 0. The molecule has 0 aromatic heterocycles.